The van der Waals surface area contributed by atoms with Crippen LogP contribution in [0.1, 0.15) is 30.4 Å². The number of nitrogens with zero attached hydrogens (tertiary/aromatic N) is 1. The van der Waals surface area contributed by atoms with E-state index in [-0.39, 0.29) is 5.69 Å². The zero-order chi connectivity index (χ0) is 21.7. The molecule has 1 N–H and O–H groups in total. The number of ether oxygens (including phenoxy) is 1. The molecule has 2 aromatic rings. The van der Waals surface area contributed by atoms with E-state index in [9.17, 15) is 18.0 Å². The van der Waals surface area contributed by atoms with Crippen molar-refractivity contribution >= 4 is 39.3 Å². The van der Waals surface area contributed by atoms with Gasteiger partial charge in [-0.2, -0.15) is 13.2 Å². The number of methoxy groups -OCH3 is 1. The van der Waals surface area contributed by atoms with E-state index in [1.165, 1.54) is 19.3 Å². The second-order valence-corrected chi connectivity index (χ2v) is 7.90. The molecule has 0 saturated carbocycles. The highest BCUT2D eigenvalue weighted by atomic mass is 79.9. The summed E-state index contributed by atoms with van der Waals surface area (Å²) >= 11 is 3.36. The molecule has 0 radical (unpaired) electrons. The van der Waals surface area contributed by atoms with Gasteiger partial charge in [0.15, 0.2) is 0 Å². The maximum atomic E-state index is 13.2. The predicted molar refractivity (Wildman–Crippen MR) is 116 cm³/mol. The summed E-state index contributed by atoms with van der Waals surface area (Å²) in [5.74, 6) is 0.0601. The van der Waals surface area contributed by atoms with Crippen LogP contribution in [0.3, 0.4) is 0 Å². The Morgan fingerprint density at radius 1 is 1.13 bits per heavy atom. The highest BCUT2D eigenvalue weighted by Crippen LogP contribution is 2.36. The number of carbonyl (C=O) groups is 1. The first-order chi connectivity index (χ1) is 14.3. The quantitative estimate of drug-likeness (QED) is 0.522. The van der Waals surface area contributed by atoms with Crippen LogP contribution < -0.4 is 15.0 Å². The van der Waals surface area contributed by atoms with Gasteiger partial charge in [0.1, 0.15) is 5.75 Å². The number of anilines is 2. The number of piperidine rings is 1. The monoisotopic (exact) mass is 482 g/mol. The van der Waals surface area contributed by atoms with Gasteiger partial charge < -0.3 is 15.0 Å². The number of hydrogen-bond donors (Lipinski definition) is 1. The fraction of sp³-hybridized carbons (Fsp3) is 0.318. The van der Waals surface area contributed by atoms with Crippen molar-refractivity contribution in [3.05, 3.63) is 58.1 Å². The largest absolute Gasteiger partial charge is 0.496 e. The first-order valence-electron chi connectivity index (χ1n) is 9.57. The second-order valence-electron chi connectivity index (χ2n) is 6.99. The van der Waals surface area contributed by atoms with Crippen molar-refractivity contribution in [2.75, 3.05) is 30.4 Å². The minimum atomic E-state index is -4.49. The first-order valence-corrected chi connectivity index (χ1v) is 10.4. The molecule has 1 aliphatic rings. The van der Waals surface area contributed by atoms with Gasteiger partial charge in [0.05, 0.1) is 24.0 Å². The lowest BCUT2D eigenvalue weighted by Crippen LogP contribution is -2.30. The molecule has 0 bridgehead atoms. The molecular weight excluding hydrogens is 461 g/mol. The summed E-state index contributed by atoms with van der Waals surface area (Å²) in [6.07, 6.45) is 1.39. The molecule has 0 aromatic heterocycles. The van der Waals surface area contributed by atoms with E-state index in [2.05, 4.69) is 21.2 Å². The zero-order valence-electron chi connectivity index (χ0n) is 16.4. The van der Waals surface area contributed by atoms with Crippen LogP contribution >= 0.6 is 15.9 Å². The van der Waals surface area contributed by atoms with Crippen LogP contribution in [0.5, 0.6) is 5.75 Å². The summed E-state index contributed by atoms with van der Waals surface area (Å²) in [4.78, 5) is 14.5. The molecule has 1 amide bonds. The Labute approximate surface area is 181 Å². The average molecular weight is 483 g/mol. The Bertz CT molecular complexity index is 938. The average Bonchev–Trinajstić information content (AvgIpc) is 2.72. The van der Waals surface area contributed by atoms with Crippen LogP contribution in [0.4, 0.5) is 24.5 Å². The number of alkyl halides is 3. The Hall–Kier alpha value is -2.48. The molecule has 1 saturated heterocycles. The molecule has 30 heavy (non-hydrogen) atoms. The normalized spacial score (nSPS) is 14.8. The van der Waals surface area contributed by atoms with E-state index in [1.807, 2.05) is 11.0 Å². The van der Waals surface area contributed by atoms with E-state index in [0.29, 0.717) is 17.0 Å². The number of carbonyl (C=O) groups excluding carboxylic acids is 1. The number of halogens is 4. The van der Waals surface area contributed by atoms with Crippen molar-refractivity contribution in [2.45, 2.75) is 25.4 Å². The molecule has 160 valence electrons. The number of nitrogens with one attached hydrogen (secondary N) is 1. The molecular formula is C22H22BrF3N2O2. The first kappa shape index (κ1) is 22.2. The molecule has 4 nitrogen and oxygen atoms in total. The Kier molecular flexibility index (Phi) is 7.07. The maximum Gasteiger partial charge on any atom is 0.416 e. The van der Waals surface area contributed by atoms with Crippen LogP contribution in [0.15, 0.2) is 46.9 Å². The third kappa shape index (κ3) is 5.56. The molecule has 1 aliphatic heterocycles. The third-order valence-corrected chi connectivity index (χ3v) is 5.38. The molecule has 8 heteroatoms. The summed E-state index contributed by atoms with van der Waals surface area (Å²) in [5, 5.41) is 2.62. The van der Waals surface area contributed by atoms with E-state index in [1.54, 1.807) is 18.2 Å². The maximum absolute atomic E-state index is 13.2. The highest BCUT2D eigenvalue weighted by molar-refractivity contribution is 9.10. The summed E-state index contributed by atoms with van der Waals surface area (Å²) in [5.41, 5.74) is 0.630. The molecule has 0 spiro atoms. The van der Waals surface area contributed by atoms with Crippen molar-refractivity contribution in [2.24, 2.45) is 0 Å². The SMILES string of the molecule is COc1ccc(Br)cc1C=CC(=O)Nc1cc(C(F)(F)F)ccc1N1CCCCC1. The van der Waals surface area contributed by atoms with Gasteiger partial charge in [0, 0.05) is 29.2 Å². The zero-order valence-corrected chi connectivity index (χ0v) is 18.0. The lowest BCUT2D eigenvalue weighted by Gasteiger charge is -2.31. The fourth-order valence-corrected chi connectivity index (χ4v) is 3.78. The molecule has 3 rings (SSSR count). The lowest BCUT2D eigenvalue weighted by atomic mass is 10.1. The van der Waals surface area contributed by atoms with Crippen molar-refractivity contribution < 1.29 is 22.7 Å². The lowest BCUT2D eigenvalue weighted by molar-refractivity contribution is -0.137. The Balaban J connectivity index is 1.86. The van der Waals surface area contributed by atoms with Crippen molar-refractivity contribution in [1.82, 2.24) is 0 Å². The Morgan fingerprint density at radius 3 is 2.53 bits per heavy atom. The van der Waals surface area contributed by atoms with Crippen molar-refractivity contribution in [3.8, 4) is 5.75 Å². The molecule has 1 fully saturated rings. The van der Waals surface area contributed by atoms with Crippen LogP contribution in [0.2, 0.25) is 0 Å². The molecule has 0 unspecified atom stereocenters. The van der Waals surface area contributed by atoms with E-state index in [0.717, 1.165) is 49.0 Å². The number of rotatable bonds is 5. The summed E-state index contributed by atoms with van der Waals surface area (Å²) in [6, 6.07) is 8.83. The standard InChI is InChI=1S/C22H22BrF3N2O2/c1-30-20-9-7-17(23)13-15(20)5-10-21(29)27-18-14-16(22(24,25)26)6-8-19(18)28-11-3-2-4-12-28/h5-10,13-14H,2-4,11-12H2,1H3,(H,27,29). The van der Waals surface area contributed by atoms with E-state index in [4.69, 9.17) is 4.74 Å². The smallest absolute Gasteiger partial charge is 0.416 e. The summed E-state index contributed by atoms with van der Waals surface area (Å²) in [7, 11) is 1.52. The van der Waals surface area contributed by atoms with Crippen molar-refractivity contribution in [1.29, 1.82) is 0 Å². The molecule has 2 aromatic carbocycles. The highest BCUT2D eigenvalue weighted by Gasteiger charge is 2.31. The Morgan fingerprint density at radius 2 is 1.87 bits per heavy atom. The molecule has 0 aliphatic carbocycles. The fourth-order valence-electron chi connectivity index (χ4n) is 3.40. The van der Waals surface area contributed by atoms with Crippen LogP contribution in [-0.2, 0) is 11.0 Å². The summed E-state index contributed by atoms with van der Waals surface area (Å²) < 4.78 is 45.7. The minimum absolute atomic E-state index is 0.155. The number of benzene rings is 2. The topological polar surface area (TPSA) is 41.6 Å². The van der Waals surface area contributed by atoms with Gasteiger partial charge in [0.25, 0.3) is 0 Å². The van der Waals surface area contributed by atoms with E-state index >= 15 is 0 Å². The van der Waals surface area contributed by atoms with Gasteiger partial charge in [-0.25, -0.2) is 0 Å². The number of hydrogen-bond acceptors (Lipinski definition) is 3. The van der Waals surface area contributed by atoms with Gasteiger partial charge in [-0.15, -0.1) is 0 Å². The minimum Gasteiger partial charge on any atom is -0.496 e. The number of amides is 1. The summed E-state index contributed by atoms with van der Waals surface area (Å²) in [6.45, 7) is 1.50. The van der Waals surface area contributed by atoms with Gasteiger partial charge in [-0.1, -0.05) is 15.9 Å². The van der Waals surface area contributed by atoms with Crippen LogP contribution in [0.25, 0.3) is 6.08 Å². The van der Waals surface area contributed by atoms with Crippen molar-refractivity contribution in [3.63, 3.8) is 0 Å². The van der Waals surface area contributed by atoms with Crippen LogP contribution in [0, 0.1) is 0 Å². The second kappa shape index (κ2) is 9.55. The third-order valence-electron chi connectivity index (χ3n) is 4.88. The molecule has 1 heterocycles. The van der Waals surface area contributed by atoms with Gasteiger partial charge >= 0.3 is 6.18 Å². The van der Waals surface area contributed by atoms with Gasteiger partial charge in [0.2, 0.25) is 5.91 Å². The van der Waals surface area contributed by atoms with Crippen LogP contribution in [-0.4, -0.2) is 26.1 Å². The molecule has 0 atom stereocenters. The van der Waals surface area contributed by atoms with Gasteiger partial charge in [-0.3, -0.25) is 4.79 Å². The predicted octanol–water partition coefficient (Wildman–Crippen LogP) is 6.12. The van der Waals surface area contributed by atoms with Gasteiger partial charge in [-0.05, 0) is 61.7 Å². The van der Waals surface area contributed by atoms with E-state index < -0.39 is 17.6 Å².